The molecule has 2 amide bonds. The molecule has 10 nitrogen and oxygen atoms in total. The van der Waals surface area contributed by atoms with Crippen LogP contribution in [-0.4, -0.2) is 68.1 Å². The summed E-state index contributed by atoms with van der Waals surface area (Å²) in [5.41, 5.74) is 4.30. The summed E-state index contributed by atoms with van der Waals surface area (Å²) >= 11 is 0. The summed E-state index contributed by atoms with van der Waals surface area (Å²) in [6.07, 6.45) is 4.31. The highest BCUT2D eigenvalue weighted by molar-refractivity contribution is 7.92. The molecule has 3 N–H and O–H groups in total. The molecule has 0 radical (unpaired) electrons. The third kappa shape index (κ3) is 8.65. The van der Waals surface area contributed by atoms with Gasteiger partial charge in [0.2, 0.25) is 10.0 Å². The lowest BCUT2D eigenvalue weighted by Gasteiger charge is -2.28. The maximum atomic E-state index is 13.4. The highest BCUT2D eigenvalue weighted by atomic mass is 32.2. The van der Waals surface area contributed by atoms with Gasteiger partial charge in [-0.3, -0.25) is 14.3 Å². The molecule has 1 aromatic heterocycles. The summed E-state index contributed by atoms with van der Waals surface area (Å²) in [6, 6.07) is 8.97. The molecule has 42 heavy (non-hydrogen) atoms. The van der Waals surface area contributed by atoms with E-state index in [4.69, 9.17) is 0 Å². The molecule has 1 heterocycles. The van der Waals surface area contributed by atoms with Crippen LogP contribution in [0.25, 0.3) is 5.69 Å². The van der Waals surface area contributed by atoms with Gasteiger partial charge < -0.3 is 20.1 Å². The lowest BCUT2D eigenvalue weighted by molar-refractivity contribution is 0.0924. The monoisotopic (exact) mass is 596 g/mol. The van der Waals surface area contributed by atoms with Gasteiger partial charge in [0.1, 0.15) is 12.0 Å². The van der Waals surface area contributed by atoms with Gasteiger partial charge in [0, 0.05) is 30.5 Å². The molecule has 11 heteroatoms. The molecule has 0 saturated heterocycles. The molecule has 0 atom stereocenters. The zero-order valence-corrected chi connectivity index (χ0v) is 27.2. The van der Waals surface area contributed by atoms with Crippen LogP contribution in [0.2, 0.25) is 0 Å². The van der Waals surface area contributed by atoms with Crippen LogP contribution in [0.5, 0.6) is 0 Å². The van der Waals surface area contributed by atoms with Crippen molar-refractivity contribution >= 4 is 33.2 Å². The molecule has 0 bridgehead atoms. The Hall–Kier alpha value is -3.70. The molecule has 0 saturated carbocycles. The van der Waals surface area contributed by atoms with Crippen molar-refractivity contribution in [1.29, 1.82) is 0 Å². The number of hydrogen-bond acceptors (Lipinski definition) is 6. The fraction of sp³-hybridized carbons (Fsp3) is 0.452. The number of imidazole rings is 1. The molecule has 0 spiro atoms. The fourth-order valence-electron chi connectivity index (χ4n) is 4.70. The van der Waals surface area contributed by atoms with Crippen molar-refractivity contribution < 1.29 is 18.0 Å². The summed E-state index contributed by atoms with van der Waals surface area (Å²) < 4.78 is 28.3. The first-order chi connectivity index (χ1) is 19.3. The molecular weight excluding hydrogens is 552 g/mol. The molecule has 0 aliphatic carbocycles. The second kappa shape index (κ2) is 12.3. The molecule has 3 rings (SSSR count). The Bertz CT molecular complexity index is 1580. The van der Waals surface area contributed by atoms with Crippen molar-refractivity contribution in [1.82, 2.24) is 19.8 Å². The number of carbonyl (C=O) groups excluding carboxylic acids is 2. The molecule has 0 fully saturated rings. The molecule has 228 valence electrons. The minimum atomic E-state index is -3.52. The van der Waals surface area contributed by atoms with Gasteiger partial charge in [-0.05, 0) is 79.7 Å². The van der Waals surface area contributed by atoms with Crippen molar-refractivity contribution in [3.63, 3.8) is 0 Å². The fourth-order valence-corrected chi connectivity index (χ4v) is 5.31. The smallest absolute Gasteiger partial charge is 0.271 e. The first-order valence-electron chi connectivity index (χ1n) is 13.8. The average molecular weight is 597 g/mol. The van der Waals surface area contributed by atoms with Crippen LogP contribution < -0.4 is 15.4 Å². The number of nitrogens with zero attached hydrogens (tertiary/aromatic N) is 3. The first kappa shape index (κ1) is 32.8. The highest BCUT2D eigenvalue weighted by Gasteiger charge is 2.22. The van der Waals surface area contributed by atoms with Crippen molar-refractivity contribution in [3.8, 4) is 5.69 Å². The number of hydrogen-bond donors (Lipinski definition) is 3. The quantitative estimate of drug-likeness (QED) is 0.311. The van der Waals surface area contributed by atoms with Crippen LogP contribution in [0, 0.1) is 19.3 Å². The Morgan fingerprint density at radius 2 is 1.62 bits per heavy atom. The number of nitrogens with one attached hydrogen (secondary N) is 3. The predicted octanol–water partition coefficient (Wildman–Crippen LogP) is 4.73. The van der Waals surface area contributed by atoms with E-state index in [-0.39, 0.29) is 28.3 Å². The summed E-state index contributed by atoms with van der Waals surface area (Å²) in [5.74, 6) is -0.614. The van der Waals surface area contributed by atoms with Gasteiger partial charge in [-0.2, -0.15) is 0 Å². The Kier molecular flexibility index (Phi) is 9.58. The van der Waals surface area contributed by atoms with E-state index in [1.54, 1.807) is 42.2 Å². The number of carbonyl (C=O) groups is 2. The maximum absolute atomic E-state index is 13.4. The van der Waals surface area contributed by atoms with E-state index in [0.29, 0.717) is 34.7 Å². The van der Waals surface area contributed by atoms with Gasteiger partial charge in [0.15, 0.2) is 0 Å². The SMILES string of the molecule is Cc1ccc(C(=O)Nc2cc(C(C)(C)C)cc(NS(C)(=O)=O)c2C)cc1-n1cnc(C(=O)NCC(C)(C)CN(C)C)c1. The normalized spacial score (nSPS) is 12.4. The lowest BCUT2D eigenvalue weighted by atomic mass is 9.85. The minimum absolute atomic E-state index is 0.105. The Balaban J connectivity index is 1.87. The Labute approximate surface area is 250 Å². The van der Waals surface area contributed by atoms with Crippen LogP contribution in [0.3, 0.4) is 0 Å². The molecule has 0 aliphatic rings. The molecule has 2 aromatic carbocycles. The van der Waals surface area contributed by atoms with Crippen LogP contribution in [0.4, 0.5) is 11.4 Å². The topological polar surface area (TPSA) is 125 Å². The second-order valence-electron chi connectivity index (χ2n) is 13.0. The van der Waals surface area contributed by atoms with Gasteiger partial charge in [-0.1, -0.05) is 40.7 Å². The largest absolute Gasteiger partial charge is 0.350 e. The van der Waals surface area contributed by atoms with E-state index < -0.39 is 10.0 Å². The summed E-state index contributed by atoms with van der Waals surface area (Å²) in [6.45, 7) is 15.2. The number of amides is 2. The lowest BCUT2D eigenvalue weighted by Crippen LogP contribution is -2.40. The predicted molar refractivity (Wildman–Crippen MR) is 169 cm³/mol. The van der Waals surface area contributed by atoms with Crippen molar-refractivity contribution in [3.05, 3.63) is 70.8 Å². The van der Waals surface area contributed by atoms with Crippen molar-refractivity contribution in [2.24, 2.45) is 5.41 Å². The molecule has 3 aromatic rings. The van der Waals surface area contributed by atoms with E-state index in [0.717, 1.165) is 23.9 Å². The zero-order valence-electron chi connectivity index (χ0n) is 26.3. The van der Waals surface area contributed by atoms with Gasteiger partial charge in [0.25, 0.3) is 11.8 Å². The highest BCUT2D eigenvalue weighted by Crippen LogP contribution is 2.33. The molecular formula is C31H44N6O4S. The maximum Gasteiger partial charge on any atom is 0.271 e. The first-order valence-corrected chi connectivity index (χ1v) is 15.7. The van der Waals surface area contributed by atoms with Gasteiger partial charge in [-0.15, -0.1) is 0 Å². The molecule has 0 unspecified atom stereocenters. The van der Waals surface area contributed by atoms with Crippen LogP contribution in [0.15, 0.2) is 42.9 Å². The Morgan fingerprint density at radius 3 is 2.21 bits per heavy atom. The summed E-state index contributed by atoms with van der Waals surface area (Å²) in [5, 5.41) is 5.94. The van der Waals surface area contributed by atoms with Crippen LogP contribution >= 0.6 is 0 Å². The van der Waals surface area contributed by atoms with E-state index in [2.05, 4.69) is 39.1 Å². The standard InChI is InChI=1S/C31H44N6O4S/c1-20-11-12-22(13-27(20)37-16-26(33-19-37)29(39)32-17-31(6,7)18-36(8)9)28(38)34-24-14-23(30(3,4)5)15-25(21(24)2)35-42(10,40)41/h11-16,19,35H,17-18H2,1-10H3,(H,32,39)(H,34,38). The summed E-state index contributed by atoms with van der Waals surface area (Å²) in [7, 11) is 0.477. The van der Waals surface area contributed by atoms with Crippen LogP contribution in [-0.2, 0) is 15.4 Å². The Morgan fingerprint density at radius 1 is 0.976 bits per heavy atom. The third-order valence-electron chi connectivity index (χ3n) is 6.85. The van der Waals surface area contributed by atoms with E-state index >= 15 is 0 Å². The number of aryl methyl sites for hydroxylation is 1. The average Bonchev–Trinajstić information content (AvgIpc) is 3.33. The number of anilines is 2. The van der Waals surface area contributed by atoms with Gasteiger partial charge >= 0.3 is 0 Å². The van der Waals surface area contributed by atoms with Gasteiger partial charge in [0.05, 0.1) is 17.6 Å². The number of rotatable bonds is 10. The second-order valence-corrected chi connectivity index (χ2v) is 14.8. The van der Waals surface area contributed by atoms with E-state index in [9.17, 15) is 18.0 Å². The minimum Gasteiger partial charge on any atom is -0.350 e. The van der Waals surface area contributed by atoms with E-state index in [1.165, 1.54) is 0 Å². The van der Waals surface area contributed by atoms with Gasteiger partial charge in [-0.25, -0.2) is 13.4 Å². The van der Waals surface area contributed by atoms with Crippen molar-refractivity contribution in [2.75, 3.05) is 43.5 Å². The van der Waals surface area contributed by atoms with Crippen LogP contribution in [0.1, 0.15) is 72.2 Å². The number of aromatic nitrogens is 2. The zero-order chi connectivity index (χ0) is 31.6. The molecule has 0 aliphatic heterocycles. The number of benzene rings is 2. The van der Waals surface area contributed by atoms with E-state index in [1.807, 2.05) is 53.9 Å². The van der Waals surface area contributed by atoms with Crippen molar-refractivity contribution in [2.45, 2.75) is 53.9 Å². The third-order valence-corrected chi connectivity index (χ3v) is 7.44. The summed E-state index contributed by atoms with van der Waals surface area (Å²) in [4.78, 5) is 32.7. The number of sulfonamides is 1.